The molecule has 62 valence electrons. The lowest BCUT2D eigenvalue weighted by Crippen LogP contribution is -1.83. The van der Waals surface area contributed by atoms with Gasteiger partial charge in [-0.1, -0.05) is 32.1 Å². The maximum atomic E-state index is 9.83. The van der Waals surface area contributed by atoms with Crippen LogP contribution in [-0.4, -0.2) is 6.29 Å². The van der Waals surface area contributed by atoms with Crippen molar-refractivity contribution in [2.45, 2.75) is 26.7 Å². The molecular weight excluding hydrogens is 136 g/mol. The van der Waals surface area contributed by atoms with Gasteiger partial charge >= 0.3 is 0 Å². The molecule has 0 aromatic carbocycles. The molecule has 1 heteroatoms. The van der Waals surface area contributed by atoms with Gasteiger partial charge in [0.15, 0.2) is 0 Å². The number of carbonyl (C=O) groups is 1. The van der Waals surface area contributed by atoms with Crippen LogP contribution in [-0.2, 0) is 4.79 Å². The Morgan fingerprint density at radius 3 is 2.45 bits per heavy atom. The Balaban J connectivity index is 3.30. The van der Waals surface area contributed by atoms with Crippen molar-refractivity contribution in [2.75, 3.05) is 0 Å². The summed E-state index contributed by atoms with van der Waals surface area (Å²) in [5, 5.41) is 0. The first-order chi connectivity index (χ1) is 5.27. The van der Waals surface area contributed by atoms with Crippen LogP contribution in [0.5, 0.6) is 0 Å². The predicted molar refractivity (Wildman–Crippen MR) is 48.4 cm³/mol. The van der Waals surface area contributed by atoms with Crippen molar-refractivity contribution in [2.24, 2.45) is 5.92 Å². The first-order valence-corrected chi connectivity index (χ1v) is 4.04. The van der Waals surface area contributed by atoms with E-state index < -0.39 is 0 Å². The number of carbonyl (C=O) groups excluding carboxylic acids is 1. The standard InChI is InChI=1S/C10H16O/c1-10(2)8-6-4-3-5-7-9-11/h3-5,7,9-10H,6,8H2,1-2H3/b4-3+,7-5-. The molecule has 0 unspecified atom stereocenters. The normalized spacial score (nSPS) is 11.9. The highest BCUT2D eigenvalue weighted by molar-refractivity contribution is 5.65. The van der Waals surface area contributed by atoms with Crippen molar-refractivity contribution in [1.29, 1.82) is 0 Å². The van der Waals surface area contributed by atoms with Crippen LogP contribution in [0.1, 0.15) is 26.7 Å². The summed E-state index contributed by atoms with van der Waals surface area (Å²) >= 11 is 0. The zero-order valence-electron chi connectivity index (χ0n) is 7.29. The molecule has 1 nitrogen and oxygen atoms in total. The first kappa shape index (κ1) is 10.2. The Labute approximate surface area is 68.8 Å². The molecule has 0 fully saturated rings. The van der Waals surface area contributed by atoms with Crippen molar-refractivity contribution in [3.63, 3.8) is 0 Å². The molecule has 11 heavy (non-hydrogen) atoms. The minimum absolute atomic E-state index is 0.759. The monoisotopic (exact) mass is 152 g/mol. The molecule has 0 aliphatic rings. The molecule has 0 radical (unpaired) electrons. The van der Waals surface area contributed by atoms with E-state index in [1.807, 2.05) is 6.08 Å². The second-order valence-corrected chi connectivity index (χ2v) is 2.92. The van der Waals surface area contributed by atoms with E-state index in [1.54, 1.807) is 6.08 Å². The van der Waals surface area contributed by atoms with E-state index in [-0.39, 0.29) is 0 Å². The number of allylic oxidation sites excluding steroid dienone is 4. The van der Waals surface area contributed by atoms with Crippen LogP contribution in [0.15, 0.2) is 24.3 Å². The molecule has 0 heterocycles. The van der Waals surface area contributed by atoms with Gasteiger partial charge < -0.3 is 0 Å². The summed E-state index contributed by atoms with van der Waals surface area (Å²) in [6.07, 6.45) is 10.3. The van der Waals surface area contributed by atoms with E-state index in [1.165, 1.54) is 12.5 Å². The van der Waals surface area contributed by atoms with E-state index >= 15 is 0 Å². The summed E-state index contributed by atoms with van der Waals surface area (Å²) in [4.78, 5) is 9.83. The van der Waals surface area contributed by atoms with Gasteiger partial charge in [0, 0.05) is 0 Å². The second kappa shape index (κ2) is 7.26. The third-order valence-corrected chi connectivity index (χ3v) is 1.35. The van der Waals surface area contributed by atoms with E-state index in [4.69, 9.17) is 0 Å². The summed E-state index contributed by atoms with van der Waals surface area (Å²) < 4.78 is 0. The molecule has 0 rings (SSSR count). The molecule has 0 aliphatic carbocycles. The Bertz CT molecular complexity index is 143. The fourth-order valence-electron chi connectivity index (χ4n) is 0.714. The van der Waals surface area contributed by atoms with Crippen LogP contribution in [0.2, 0.25) is 0 Å². The molecule has 0 saturated carbocycles. The molecule has 0 aromatic heterocycles. The molecule has 0 saturated heterocycles. The lowest BCUT2D eigenvalue weighted by atomic mass is 10.1. The summed E-state index contributed by atoms with van der Waals surface area (Å²) in [7, 11) is 0. The summed E-state index contributed by atoms with van der Waals surface area (Å²) in [6.45, 7) is 4.41. The average molecular weight is 152 g/mol. The molecule has 0 aliphatic heterocycles. The number of aldehydes is 1. The minimum Gasteiger partial charge on any atom is -0.299 e. The smallest absolute Gasteiger partial charge is 0.142 e. The summed E-state index contributed by atoms with van der Waals surface area (Å²) in [6, 6.07) is 0. The summed E-state index contributed by atoms with van der Waals surface area (Å²) in [5.41, 5.74) is 0. The second-order valence-electron chi connectivity index (χ2n) is 2.92. The zero-order valence-corrected chi connectivity index (χ0v) is 7.29. The topological polar surface area (TPSA) is 17.1 Å². The number of rotatable bonds is 5. The maximum absolute atomic E-state index is 9.83. The maximum Gasteiger partial charge on any atom is 0.142 e. The van der Waals surface area contributed by atoms with Crippen molar-refractivity contribution in [1.82, 2.24) is 0 Å². The highest BCUT2D eigenvalue weighted by Gasteiger charge is 1.88. The summed E-state index contributed by atoms with van der Waals surface area (Å²) in [5.74, 6) is 0.759. The number of hydrogen-bond donors (Lipinski definition) is 0. The SMILES string of the molecule is CC(C)CC/C=C/C=C\C=O. The van der Waals surface area contributed by atoms with E-state index in [0.29, 0.717) is 0 Å². The van der Waals surface area contributed by atoms with Gasteiger partial charge in [-0.25, -0.2) is 0 Å². The zero-order chi connectivity index (χ0) is 8.53. The minimum atomic E-state index is 0.759. The average Bonchev–Trinajstić information content (AvgIpc) is 1.96. The molecule has 0 aromatic rings. The van der Waals surface area contributed by atoms with Crippen molar-refractivity contribution < 1.29 is 4.79 Å². The molecule has 0 N–H and O–H groups in total. The van der Waals surface area contributed by atoms with Gasteiger partial charge in [0.1, 0.15) is 6.29 Å². The van der Waals surface area contributed by atoms with Crippen LogP contribution in [0.4, 0.5) is 0 Å². The van der Waals surface area contributed by atoms with Gasteiger partial charge in [0.2, 0.25) is 0 Å². The third kappa shape index (κ3) is 9.15. The molecule has 0 bridgehead atoms. The van der Waals surface area contributed by atoms with Crippen LogP contribution in [0.3, 0.4) is 0 Å². The Morgan fingerprint density at radius 1 is 1.18 bits per heavy atom. The highest BCUT2D eigenvalue weighted by atomic mass is 16.1. The molecule has 0 atom stereocenters. The highest BCUT2D eigenvalue weighted by Crippen LogP contribution is 2.03. The molecule has 0 amide bonds. The van der Waals surface area contributed by atoms with Crippen LogP contribution >= 0.6 is 0 Å². The first-order valence-electron chi connectivity index (χ1n) is 4.04. The lowest BCUT2D eigenvalue weighted by molar-refractivity contribution is -0.104. The fourth-order valence-corrected chi connectivity index (χ4v) is 0.714. The van der Waals surface area contributed by atoms with Gasteiger partial charge in [-0.2, -0.15) is 0 Å². The fraction of sp³-hybridized carbons (Fsp3) is 0.500. The Kier molecular flexibility index (Phi) is 6.70. The third-order valence-electron chi connectivity index (χ3n) is 1.35. The lowest BCUT2D eigenvalue weighted by Gasteiger charge is -1.97. The van der Waals surface area contributed by atoms with E-state index in [9.17, 15) is 4.79 Å². The van der Waals surface area contributed by atoms with E-state index in [0.717, 1.165) is 18.6 Å². The van der Waals surface area contributed by atoms with Crippen molar-refractivity contribution in [3.05, 3.63) is 24.3 Å². The van der Waals surface area contributed by atoms with Crippen molar-refractivity contribution >= 4 is 6.29 Å². The van der Waals surface area contributed by atoms with Gasteiger partial charge in [-0.15, -0.1) is 0 Å². The number of hydrogen-bond acceptors (Lipinski definition) is 1. The van der Waals surface area contributed by atoms with Gasteiger partial charge in [-0.3, -0.25) is 4.79 Å². The van der Waals surface area contributed by atoms with E-state index in [2.05, 4.69) is 19.9 Å². The van der Waals surface area contributed by atoms with Gasteiger partial charge in [-0.05, 0) is 24.8 Å². The van der Waals surface area contributed by atoms with Crippen LogP contribution in [0, 0.1) is 5.92 Å². The molecular formula is C10H16O. The van der Waals surface area contributed by atoms with Crippen LogP contribution < -0.4 is 0 Å². The quantitative estimate of drug-likeness (QED) is 0.336. The van der Waals surface area contributed by atoms with Crippen LogP contribution in [0.25, 0.3) is 0 Å². The van der Waals surface area contributed by atoms with Gasteiger partial charge in [0.05, 0.1) is 0 Å². The Morgan fingerprint density at radius 2 is 1.91 bits per heavy atom. The van der Waals surface area contributed by atoms with Crippen molar-refractivity contribution in [3.8, 4) is 0 Å². The predicted octanol–water partition coefficient (Wildman–Crippen LogP) is 2.73. The Hall–Kier alpha value is -0.850. The molecule has 0 spiro atoms. The van der Waals surface area contributed by atoms with Gasteiger partial charge in [0.25, 0.3) is 0 Å². The largest absolute Gasteiger partial charge is 0.299 e.